The van der Waals surface area contributed by atoms with E-state index in [1.807, 2.05) is 24.3 Å². The highest BCUT2D eigenvalue weighted by atomic mass is 16.4. The molecular formula is C18H23N3O2. The van der Waals surface area contributed by atoms with Gasteiger partial charge in [-0.1, -0.05) is 12.1 Å². The van der Waals surface area contributed by atoms with Crippen molar-refractivity contribution in [2.24, 2.45) is 5.92 Å². The topological polar surface area (TPSA) is 49.6 Å². The van der Waals surface area contributed by atoms with E-state index in [0.29, 0.717) is 11.9 Å². The predicted molar refractivity (Wildman–Crippen MR) is 89.4 cm³/mol. The van der Waals surface area contributed by atoms with E-state index in [4.69, 9.17) is 4.42 Å². The molecule has 23 heavy (non-hydrogen) atoms. The number of amides is 1. The van der Waals surface area contributed by atoms with E-state index in [2.05, 4.69) is 14.8 Å². The maximum atomic E-state index is 12.8. The van der Waals surface area contributed by atoms with E-state index in [1.165, 1.54) is 6.42 Å². The summed E-state index contributed by atoms with van der Waals surface area (Å²) in [5.74, 6) is 0.405. The van der Waals surface area contributed by atoms with E-state index in [-0.39, 0.29) is 5.92 Å². The zero-order valence-corrected chi connectivity index (χ0v) is 13.4. The molecule has 0 aliphatic carbocycles. The molecular weight excluding hydrogens is 290 g/mol. The smallest absolute Gasteiger partial charge is 0.298 e. The molecule has 2 aromatic rings. The molecule has 1 aromatic carbocycles. The van der Waals surface area contributed by atoms with Crippen molar-refractivity contribution in [1.82, 2.24) is 9.88 Å². The molecule has 0 spiro atoms. The van der Waals surface area contributed by atoms with Crippen molar-refractivity contribution in [3.05, 3.63) is 24.3 Å². The maximum absolute atomic E-state index is 12.8. The third kappa shape index (κ3) is 2.92. The Bertz CT molecular complexity index is 657. The average molecular weight is 313 g/mol. The second-order valence-corrected chi connectivity index (χ2v) is 6.64. The molecule has 1 atom stereocenters. The molecule has 2 saturated heterocycles. The Morgan fingerprint density at radius 1 is 1.09 bits per heavy atom. The maximum Gasteiger partial charge on any atom is 0.298 e. The monoisotopic (exact) mass is 313 g/mol. The van der Waals surface area contributed by atoms with Gasteiger partial charge in [-0.3, -0.25) is 4.79 Å². The summed E-state index contributed by atoms with van der Waals surface area (Å²) in [6.45, 7) is 3.50. The van der Waals surface area contributed by atoms with Crippen molar-refractivity contribution in [2.45, 2.75) is 32.1 Å². The lowest BCUT2D eigenvalue weighted by Gasteiger charge is -2.35. The molecule has 5 heteroatoms. The van der Waals surface area contributed by atoms with Crippen LogP contribution in [0.5, 0.6) is 0 Å². The second kappa shape index (κ2) is 6.22. The van der Waals surface area contributed by atoms with Gasteiger partial charge in [0.05, 0.1) is 5.92 Å². The summed E-state index contributed by atoms with van der Waals surface area (Å²) in [4.78, 5) is 21.5. The van der Waals surface area contributed by atoms with Crippen LogP contribution in [-0.4, -0.2) is 42.0 Å². The first kappa shape index (κ1) is 14.5. The van der Waals surface area contributed by atoms with E-state index < -0.39 is 0 Å². The highest BCUT2D eigenvalue weighted by molar-refractivity contribution is 5.80. The van der Waals surface area contributed by atoms with Crippen LogP contribution in [-0.2, 0) is 4.79 Å². The van der Waals surface area contributed by atoms with Crippen LogP contribution >= 0.6 is 0 Å². The molecule has 1 unspecified atom stereocenters. The van der Waals surface area contributed by atoms with Crippen molar-refractivity contribution in [3.63, 3.8) is 0 Å². The Morgan fingerprint density at radius 3 is 2.74 bits per heavy atom. The normalized spacial score (nSPS) is 22.5. The molecule has 2 fully saturated rings. The van der Waals surface area contributed by atoms with Gasteiger partial charge in [0.2, 0.25) is 5.91 Å². The van der Waals surface area contributed by atoms with Crippen molar-refractivity contribution in [2.75, 3.05) is 31.1 Å². The SMILES string of the molecule is O=C(C1CCCN(c2nc3ccccc3o2)C1)N1CCCCC1. The van der Waals surface area contributed by atoms with Gasteiger partial charge in [-0.15, -0.1) is 0 Å². The first-order valence-corrected chi connectivity index (χ1v) is 8.70. The Labute approximate surface area is 136 Å². The van der Waals surface area contributed by atoms with E-state index in [9.17, 15) is 4.79 Å². The number of piperidine rings is 2. The van der Waals surface area contributed by atoms with E-state index in [0.717, 1.165) is 63.0 Å². The van der Waals surface area contributed by atoms with Crippen molar-refractivity contribution in [3.8, 4) is 0 Å². The van der Waals surface area contributed by atoms with Crippen LogP contribution in [0.1, 0.15) is 32.1 Å². The molecule has 5 nitrogen and oxygen atoms in total. The molecule has 4 rings (SSSR count). The highest BCUT2D eigenvalue weighted by Gasteiger charge is 2.31. The van der Waals surface area contributed by atoms with Crippen molar-refractivity contribution in [1.29, 1.82) is 0 Å². The Balaban J connectivity index is 1.48. The molecule has 1 amide bonds. The zero-order chi connectivity index (χ0) is 15.6. The number of anilines is 1. The molecule has 0 bridgehead atoms. The fourth-order valence-corrected chi connectivity index (χ4v) is 3.72. The number of hydrogen-bond donors (Lipinski definition) is 0. The van der Waals surface area contributed by atoms with Crippen LogP contribution in [0.4, 0.5) is 6.01 Å². The number of carbonyl (C=O) groups is 1. The second-order valence-electron chi connectivity index (χ2n) is 6.64. The summed E-state index contributed by atoms with van der Waals surface area (Å²) >= 11 is 0. The first-order chi connectivity index (χ1) is 11.3. The van der Waals surface area contributed by atoms with Crippen molar-refractivity contribution < 1.29 is 9.21 Å². The van der Waals surface area contributed by atoms with Crippen LogP contribution in [0.25, 0.3) is 11.1 Å². The van der Waals surface area contributed by atoms with Crippen LogP contribution in [0.2, 0.25) is 0 Å². The zero-order valence-electron chi connectivity index (χ0n) is 13.4. The molecule has 2 aliphatic rings. The number of aromatic nitrogens is 1. The van der Waals surface area contributed by atoms with E-state index in [1.54, 1.807) is 0 Å². The summed E-state index contributed by atoms with van der Waals surface area (Å²) in [5.41, 5.74) is 1.69. The average Bonchev–Trinajstić information content (AvgIpc) is 3.06. The van der Waals surface area contributed by atoms with Gasteiger partial charge in [-0.2, -0.15) is 4.98 Å². The fraction of sp³-hybridized carbons (Fsp3) is 0.556. The fourth-order valence-electron chi connectivity index (χ4n) is 3.72. The van der Waals surface area contributed by atoms with Crippen LogP contribution in [0.15, 0.2) is 28.7 Å². The number of fused-ring (bicyclic) bond motifs is 1. The van der Waals surface area contributed by atoms with Gasteiger partial charge in [0, 0.05) is 26.2 Å². The third-order valence-corrected chi connectivity index (χ3v) is 4.99. The van der Waals surface area contributed by atoms with Gasteiger partial charge in [0.1, 0.15) is 5.52 Å². The molecule has 0 N–H and O–H groups in total. The molecule has 122 valence electrons. The minimum absolute atomic E-state index is 0.0804. The largest absolute Gasteiger partial charge is 0.423 e. The van der Waals surface area contributed by atoms with E-state index >= 15 is 0 Å². The Morgan fingerprint density at radius 2 is 1.91 bits per heavy atom. The molecule has 1 aromatic heterocycles. The minimum atomic E-state index is 0.0804. The number of likely N-dealkylation sites (tertiary alicyclic amines) is 1. The predicted octanol–water partition coefficient (Wildman–Crippen LogP) is 3.06. The van der Waals surface area contributed by atoms with Crippen molar-refractivity contribution >= 4 is 23.0 Å². The first-order valence-electron chi connectivity index (χ1n) is 8.70. The number of nitrogens with zero attached hydrogens (tertiary/aromatic N) is 3. The minimum Gasteiger partial charge on any atom is -0.423 e. The van der Waals surface area contributed by atoms with Gasteiger partial charge < -0.3 is 14.2 Å². The number of carbonyl (C=O) groups excluding carboxylic acids is 1. The lowest BCUT2D eigenvalue weighted by molar-refractivity contribution is -0.136. The van der Waals surface area contributed by atoms with Crippen LogP contribution in [0.3, 0.4) is 0 Å². The summed E-state index contributed by atoms with van der Waals surface area (Å²) in [5, 5.41) is 0. The van der Waals surface area contributed by atoms with Gasteiger partial charge in [-0.05, 0) is 44.2 Å². The highest BCUT2D eigenvalue weighted by Crippen LogP contribution is 2.27. The van der Waals surface area contributed by atoms with Gasteiger partial charge in [0.15, 0.2) is 5.58 Å². The van der Waals surface area contributed by atoms with Crippen LogP contribution in [0, 0.1) is 5.92 Å². The lowest BCUT2D eigenvalue weighted by atomic mass is 9.96. The number of benzene rings is 1. The molecule has 0 saturated carbocycles. The summed E-state index contributed by atoms with van der Waals surface area (Å²) in [7, 11) is 0. The van der Waals surface area contributed by atoms with Gasteiger partial charge >= 0.3 is 0 Å². The number of rotatable bonds is 2. The third-order valence-electron chi connectivity index (χ3n) is 4.99. The van der Waals surface area contributed by atoms with Gasteiger partial charge in [-0.25, -0.2) is 0 Å². The number of para-hydroxylation sites is 2. The quantitative estimate of drug-likeness (QED) is 0.855. The summed E-state index contributed by atoms with van der Waals surface area (Å²) in [6, 6.07) is 8.47. The number of hydrogen-bond acceptors (Lipinski definition) is 4. The molecule has 3 heterocycles. The summed E-state index contributed by atoms with van der Waals surface area (Å²) in [6.07, 6.45) is 5.54. The Kier molecular flexibility index (Phi) is 3.93. The number of oxazole rings is 1. The summed E-state index contributed by atoms with van der Waals surface area (Å²) < 4.78 is 5.87. The van der Waals surface area contributed by atoms with Crippen LogP contribution < -0.4 is 4.90 Å². The lowest BCUT2D eigenvalue weighted by Crippen LogP contribution is -2.46. The standard InChI is InChI=1S/C18H23N3O2/c22-17(20-10-4-1-5-11-20)14-7-6-12-21(13-14)18-19-15-8-2-3-9-16(15)23-18/h2-3,8-9,14H,1,4-7,10-13H2. The molecule has 2 aliphatic heterocycles. The Hall–Kier alpha value is -2.04. The molecule has 0 radical (unpaired) electrons. The van der Waals surface area contributed by atoms with Gasteiger partial charge in [0.25, 0.3) is 6.01 Å².